The molecule has 2 aliphatic rings. The van der Waals surface area contributed by atoms with E-state index >= 15 is 0 Å². The van der Waals surface area contributed by atoms with Gasteiger partial charge in [0.1, 0.15) is 10.8 Å². The van der Waals surface area contributed by atoms with E-state index < -0.39 is 23.3 Å². The molecule has 0 bridgehead atoms. The van der Waals surface area contributed by atoms with Crippen LogP contribution in [0.3, 0.4) is 0 Å². The lowest BCUT2D eigenvalue weighted by atomic mass is 10.2. The minimum Gasteiger partial charge on any atom is -0.566 e. The summed E-state index contributed by atoms with van der Waals surface area (Å²) in [7, 11) is 0. The van der Waals surface area contributed by atoms with Crippen LogP contribution in [0.15, 0.2) is 45.9 Å². The second-order valence-electron chi connectivity index (χ2n) is 6.71. The van der Waals surface area contributed by atoms with Crippen LogP contribution in [-0.2, 0) is 21.1 Å². The van der Waals surface area contributed by atoms with Gasteiger partial charge in [0, 0.05) is 43.0 Å². The number of amides is 1. The zero-order valence-corrected chi connectivity index (χ0v) is 18.7. The third-order valence-electron chi connectivity index (χ3n) is 4.69. The number of rotatable bonds is 6. The Morgan fingerprint density at radius 3 is 2.87 bits per heavy atom. The molecule has 1 amide bonds. The monoisotopic (exact) mass is 483 g/mol. The van der Waals surface area contributed by atoms with Crippen LogP contribution >= 0.6 is 22.9 Å². The van der Waals surface area contributed by atoms with Crippen molar-refractivity contribution in [3.05, 3.63) is 57.4 Å². The third kappa shape index (κ3) is 5.43. The molecule has 164 valence electrons. The van der Waals surface area contributed by atoms with Gasteiger partial charge in [0.2, 0.25) is 11.5 Å². The number of hydrogen-bond donors (Lipinski definition) is 1. The van der Waals surface area contributed by atoms with Crippen molar-refractivity contribution in [2.75, 3.05) is 44.7 Å². The highest BCUT2D eigenvalue weighted by atomic mass is 35.5. The SMILES string of the molecule is O=C(Nc1ccc(F)c(Cl)c1)C1=CC(c2nccs2)=N[S+]([O-])N1CCN1CCOCC1. The fourth-order valence-electron chi connectivity index (χ4n) is 3.10. The molecule has 1 fully saturated rings. The fourth-order valence-corrected chi connectivity index (χ4v) is 4.88. The molecular formula is C19H19ClFN5O3S2. The minimum atomic E-state index is -1.80. The molecule has 1 atom stereocenters. The van der Waals surface area contributed by atoms with Crippen LogP contribution in [0.1, 0.15) is 5.01 Å². The van der Waals surface area contributed by atoms with Crippen LogP contribution in [0.4, 0.5) is 10.1 Å². The molecule has 0 spiro atoms. The van der Waals surface area contributed by atoms with Crippen molar-refractivity contribution < 1.29 is 18.5 Å². The summed E-state index contributed by atoms with van der Waals surface area (Å²) in [5, 5.41) is 4.93. The number of benzene rings is 1. The maximum atomic E-state index is 13.5. The van der Waals surface area contributed by atoms with Crippen molar-refractivity contribution in [3.63, 3.8) is 0 Å². The van der Waals surface area contributed by atoms with E-state index in [-0.39, 0.29) is 10.7 Å². The Morgan fingerprint density at radius 1 is 1.35 bits per heavy atom. The summed E-state index contributed by atoms with van der Waals surface area (Å²) >= 11 is 5.36. The second-order valence-corrected chi connectivity index (χ2v) is 9.10. The molecule has 0 aliphatic carbocycles. The summed E-state index contributed by atoms with van der Waals surface area (Å²) in [6.45, 7) is 3.77. The van der Waals surface area contributed by atoms with Crippen molar-refractivity contribution >= 4 is 51.8 Å². The van der Waals surface area contributed by atoms with Gasteiger partial charge in [-0.25, -0.2) is 9.37 Å². The summed E-state index contributed by atoms with van der Waals surface area (Å²) in [4.78, 5) is 19.5. The first-order valence-corrected chi connectivity index (χ1v) is 11.8. The van der Waals surface area contributed by atoms with Crippen LogP contribution in [0, 0.1) is 5.82 Å². The number of nitrogens with zero attached hydrogens (tertiary/aromatic N) is 4. The van der Waals surface area contributed by atoms with Gasteiger partial charge in [-0.15, -0.1) is 11.3 Å². The Morgan fingerprint density at radius 2 is 2.16 bits per heavy atom. The van der Waals surface area contributed by atoms with Gasteiger partial charge in [-0.1, -0.05) is 11.6 Å². The van der Waals surface area contributed by atoms with Crippen molar-refractivity contribution in [2.45, 2.75) is 0 Å². The zero-order valence-electron chi connectivity index (χ0n) is 16.3. The number of aromatic nitrogens is 1. The number of carbonyl (C=O) groups is 1. The summed E-state index contributed by atoms with van der Waals surface area (Å²) in [6.07, 6.45) is 3.18. The lowest BCUT2D eigenvalue weighted by Gasteiger charge is -2.31. The van der Waals surface area contributed by atoms with Gasteiger partial charge >= 0.3 is 0 Å². The fraction of sp³-hybridized carbons (Fsp3) is 0.316. The largest absolute Gasteiger partial charge is 0.566 e. The Labute approximate surface area is 190 Å². The summed E-state index contributed by atoms with van der Waals surface area (Å²) in [6, 6.07) is 3.90. The molecule has 12 heteroatoms. The number of carbonyl (C=O) groups excluding carboxylic acids is 1. The van der Waals surface area contributed by atoms with Crippen LogP contribution in [0.25, 0.3) is 0 Å². The second kappa shape index (κ2) is 10.1. The highest BCUT2D eigenvalue weighted by Gasteiger charge is 2.34. The van der Waals surface area contributed by atoms with Crippen LogP contribution in [-0.4, -0.2) is 69.8 Å². The standard InChI is InChI=1S/C19H19ClFN5O3S2/c20-14-11-13(1-2-15(14)21)23-18(27)17-12-16(19-22-3-10-30-19)24-31(28)26(17)5-4-25-6-8-29-9-7-25/h1-3,10-12H,4-9H2,(H,23,27). The Bertz CT molecular complexity index is 998. The zero-order chi connectivity index (χ0) is 21.8. The molecule has 1 aromatic heterocycles. The summed E-state index contributed by atoms with van der Waals surface area (Å²) in [5.41, 5.74) is 0.889. The van der Waals surface area contributed by atoms with Gasteiger partial charge in [0.15, 0.2) is 11.4 Å². The van der Waals surface area contributed by atoms with Crippen LogP contribution in [0.5, 0.6) is 0 Å². The van der Waals surface area contributed by atoms with Crippen LogP contribution < -0.4 is 5.32 Å². The maximum Gasteiger partial charge on any atom is 0.276 e. The van der Waals surface area contributed by atoms with E-state index in [1.165, 1.54) is 33.8 Å². The average molecular weight is 484 g/mol. The van der Waals surface area contributed by atoms with Crippen molar-refractivity contribution in [1.82, 2.24) is 14.2 Å². The predicted molar refractivity (Wildman–Crippen MR) is 119 cm³/mol. The summed E-state index contributed by atoms with van der Waals surface area (Å²) in [5.74, 6) is -1.08. The van der Waals surface area contributed by atoms with E-state index in [2.05, 4.69) is 19.6 Å². The molecule has 1 N–H and O–H groups in total. The van der Waals surface area contributed by atoms with Gasteiger partial charge in [-0.05, 0) is 22.6 Å². The molecule has 1 saturated heterocycles. The third-order valence-corrected chi connectivity index (χ3v) is 6.89. The lowest BCUT2D eigenvalue weighted by molar-refractivity contribution is -0.113. The number of anilines is 1. The smallest absolute Gasteiger partial charge is 0.276 e. The first-order valence-electron chi connectivity index (χ1n) is 9.47. The van der Waals surface area contributed by atoms with Gasteiger partial charge in [-0.2, -0.15) is 4.31 Å². The predicted octanol–water partition coefficient (Wildman–Crippen LogP) is 2.47. The topological polar surface area (TPSA) is 93.1 Å². The van der Waals surface area contributed by atoms with E-state index in [9.17, 15) is 13.7 Å². The van der Waals surface area contributed by atoms with Gasteiger partial charge in [-0.3, -0.25) is 9.69 Å². The average Bonchev–Trinajstić information content (AvgIpc) is 3.31. The van der Waals surface area contributed by atoms with Crippen molar-refractivity contribution in [1.29, 1.82) is 0 Å². The summed E-state index contributed by atoms with van der Waals surface area (Å²) < 4.78 is 37.4. The normalized spacial score (nSPS) is 19.7. The van der Waals surface area contributed by atoms with E-state index in [1.807, 2.05) is 0 Å². The molecule has 0 radical (unpaired) electrons. The number of ether oxygens (including phenoxy) is 1. The Hall–Kier alpha value is -2.02. The molecule has 31 heavy (non-hydrogen) atoms. The minimum absolute atomic E-state index is 0.104. The molecule has 2 aromatic rings. The van der Waals surface area contributed by atoms with Crippen molar-refractivity contribution in [3.8, 4) is 0 Å². The van der Waals surface area contributed by atoms with Crippen LogP contribution in [0.2, 0.25) is 5.02 Å². The first-order chi connectivity index (χ1) is 15.0. The molecule has 3 heterocycles. The van der Waals surface area contributed by atoms with E-state index in [0.717, 1.165) is 13.1 Å². The number of thiazole rings is 1. The van der Waals surface area contributed by atoms with Crippen molar-refractivity contribution in [2.24, 2.45) is 4.40 Å². The molecule has 2 aliphatic heterocycles. The Balaban J connectivity index is 1.56. The lowest BCUT2D eigenvalue weighted by Crippen LogP contribution is -2.45. The van der Waals surface area contributed by atoms with Gasteiger partial charge in [0.05, 0.1) is 24.8 Å². The highest BCUT2D eigenvalue weighted by Crippen LogP contribution is 2.25. The molecule has 0 saturated carbocycles. The number of nitrogens with one attached hydrogen (secondary N) is 1. The molecule has 1 aromatic carbocycles. The number of halogens is 2. The molecule has 4 rings (SSSR count). The Kier molecular flexibility index (Phi) is 7.20. The van der Waals surface area contributed by atoms with Gasteiger partial charge < -0.3 is 14.6 Å². The number of hydrogen-bond acceptors (Lipinski definition) is 8. The molecule has 1 unspecified atom stereocenters. The number of morpholine rings is 1. The first kappa shape index (κ1) is 22.2. The highest BCUT2D eigenvalue weighted by molar-refractivity contribution is 7.88. The van der Waals surface area contributed by atoms with E-state index in [4.69, 9.17) is 16.3 Å². The van der Waals surface area contributed by atoms with E-state index in [1.54, 1.807) is 17.7 Å². The van der Waals surface area contributed by atoms with Gasteiger partial charge in [0.25, 0.3) is 5.91 Å². The molecule has 8 nitrogen and oxygen atoms in total. The molecular weight excluding hydrogens is 465 g/mol. The quantitative estimate of drug-likeness (QED) is 0.634. The number of allylic oxidation sites excluding steroid dienone is 1. The van der Waals surface area contributed by atoms with E-state index in [0.29, 0.717) is 42.7 Å². The maximum absolute atomic E-state index is 13.5.